The van der Waals surface area contributed by atoms with Crippen molar-refractivity contribution in [3.05, 3.63) is 77.4 Å². The van der Waals surface area contributed by atoms with E-state index < -0.39 is 11.6 Å². The molecule has 0 fully saturated rings. The fourth-order valence-corrected chi connectivity index (χ4v) is 3.60. The molecular weight excluding hydrogens is 440 g/mol. The first-order valence-electron chi connectivity index (χ1n) is 10.5. The lowest BCUT2D eigenvalue weighted by atomic mass is 9.86. The molecule has 34 heavy (non-hydrogen) atoms. The van der Waals surface area contributed by atoms with Gasteiger partial charge in [-0.15, -0.1) is 0 Å². The second-order valence-corrected chi connectivity index (χ2v) is 7.52. The van der Waals surface area contributed by atoms with Crippen LogP contribution in [0.3, 0.4) is 0 Å². The molecule has 0 amide bonds. The molecule has 180 valence electrons. The Balaban J connectivity index is 1.97. The number of carbonyl (C=O) groups is 1. The van der Waals surface area contributed by atoms with Crippen LogP contribution >= 0.6 is 0 Å². The molecule has 0 aliphatic carbocycles. The summed E-state index contributed by atoms with van der Waals surface area (Å²) in [5.74, 6) is 0.260. The van der Waals surface area contributed by atoms with E-state index in [9.17, 15) is 15.0 Å². The Kier molecular flexibility index (Phi) is 7.86. The molecule has 0 saturated heterocycles. The minimum atomic E-state index is -2.28. The van der Waals surface area contributed by atoms with Crippen molar-refractivity contribution in [3.8, 4) is 28.7 Å². The lowest BCUT2D eigenvalue weighted by Crippen LogP contribution is -2.38. The molecule has 0 bridgehead atoms. The van der Waals surface area contributed by atoms with Gasteiger partial charge in [0.25, 0.3) is 0 Å². The van der Waals surface area contributed by atoms with Gasteiger partial charge in [-0.25, -0.2) is 4.79 Å². The molecule has 3 aromatic carbocycles. The van der Waals surface area contributed by atoms with Crippen LogP contribution in [0, 0.1) is 0 Å². The van der Waals surface area contributed by atoms with Crippen LogP contribution < -0.4 is 23.7 Å². The van der Waals surface area contributed by atoms with Crippen molar-refractivity contribution < 1.29 is 38.7 Å². The summed E-state index contributed by atoms with van der Waals surface area (Å²) in [4.78, 5) is 12.3. The zero-order chi connectivity index (χ0) is 24.7. The molecule has 0 aliphatic rings. The van der Waals surface area contributed by atoms with Crippen molar-refractivity contribution in [3.63, 3.8) is 0 Å². The van der Waals surface area contributed by atoms with E-state index in [0.717, 1.165) is 5.56 Å². The number of carboxylic acid groups (broad SMARTS) is 1. The summed E-state index contributed by atoms with van der Waals surface area (Å²) in [5.41, 5.74) is -0.702. The van der Waals surface area contributed by atoms with Gasteiger partial charge in [0, 0.05) is 12.0 Å². The molecule has 0 spiro atoms. The van der Waals surface area contributed by atoms with Crippen molar-refractivity contribution in [2.45, 2.75) is 18.6 Å². The van der Waals surface area contributed by atoms with E-state index in [0.29, 0.717) is 29.4 Å². The Morgan fingerprint density at radius 3 is 1.91 bits per heavy atom. The molecule has 1 atom stereocenters. The number of aliphatic carboxylic acids is 1. The Morgan fingerprint density at radius 2 is 1.38 bits per heavy atom. The summed E-state index contributed by atoms with van der Waals surface area (Å²) >= 11 is 0. The van der Waals surface area contributed by atoms with E-state index >= 15 is 0 Å². The fraction of sp³-hybridized carbons (Fsp3) is 0.269. The second-order valence-electron chi connectivity index (χ2n) is 7.52. The molecule has 8 nitrogen and oxygen atoms in total. The topological polar surface area (TPSA) is 104 Å². The lowest BCUT2D eigenvalue weighted by Gasteiger charge is -2.26. The van der Waals surface area contributed by atoms with E-state index in [4.69, 9.17) is 23.7 Å². The number of hydrogen-bond donors (Lipinski definition) is 2. The summed E-state index contributed by atoms with van der Waals surface area (Å²) in [6.07, 6.45) is -0.243. The Labute approximate surface area is 198 Å². The summed E-state index contributed by atoms with van der Waals surface area (Å²) in [7, 11) is 5.80. The van der Waals surface area contributed by atoms with Crippen LogP contribution in [0.4, 0.5) is 0 Å². The highest BCUT2D eigenvalue weighted by Crippen LogP contribution is 2.42. The van der Waals surface area contributed by atoms with Gasteiger partial charge in [-0.3, -0.25) is 0 Å². The SMILES string of the molecule is COc1ccc(CC(O)(C(=O)O)c2cc(OC)c(OC)c(OC)c2)cc1OCc1ccccc1. The molecule has 1 unspecified atom stereocenters. The van der Waals surface area contributed by atoms with E-state index in [1.165, 1.54) is 40.6 Å². The van der Waals surface area contributed by atoms with Gasteiger partial charge < -0.3 is 33.9 Å². The van der Waals surface area contributed by atoms with Gasteiger partial charge in [0.1, 0.15) is 6.61 Å². The number of carboxylic acids is 1. The van der Waals surface area contributed by atoms with E-state index in [-0.39, 0.29) is 23.5 Å². The molecule has 2 N–H and O–H groups in total. The predicted octanol–water partition coefficient (Wildman–Crippen LogP) is 3.81. The van der Waals surface area contributed by atoms with Crippen molar-refractivity contribution in [1.82, 2.24) is 0 Å². The van der Waals surface area contributed by atoms with Crippen LogP contribution in [0.25, 0.3) is 0 Å². The standard InChI is InChI=1S/C26H28O8/c1-30-20-11-10-18(12-21(20)34-16-17-8-6-5-7-9-17)15-26(29,25(27)28)19-13-22(31-2)24(33-4)23(14-19)32-3/h5-14,29H,15-16H2,1-4H3,(H,27,28). The highest BCUT2D eigenvalue weighted by molar-refractivity contribution is 5.80. The minimum absolute atomic E-state index is 0.0806. The maximum absolute atomic E-state index is 12.3. The quantitative estimate of drug-likeness (QED) is 0.438. The summed E-state index contributed by atoms with van der Waals surface area (Å²) in [6.45, 7) is 0.302. The van der Waals surface area contributed by atoms with Gasteiger partial charge in [0.05, 0.1) is 28.4 Å². The van der Waals surface area contributed by atoms with Gasteiger partial charge >= 0.3 is 5.97 Å². The minimum Gasteiger partial charge on any atom is -0.493 e. The van der Waals surface area contributed by atoms with E-state index in [1.54, 1.807) is 18.2 Å². The molecular formula is C26H28O8. The van der Waals surface area contributed by atoms with Gasteiger partial charge in [0.2, 0.25) is 5.75 Å². The first-order chi connectivity index (χ1) is 16.4. The van der Waals surface area contributed by atoms with Crippen molar-refractivity contribution in [1.29, 1.82) is 0 Å². The maximum Gasteiger partial charge on any atom is 0.340 e. The maximum atomic E-state index is 12.3. The van der Waals surface area contributed by atoms with Crippen LogP contribution in [0.1, 0.15) is 16.7 Å². The zero-order valence-corrected chi connectivity index (χ0v) is 19.5. The summed E-state index contributed by atoms with van der Waals surface area (Å²) in [5, 5.41) is 21.3. The van der Waals surface area contributed by atoms with Crippen LogP contribution in [0.5, 0.6) is 28.7 Å². The van der Waals surface area contributed by atoms with Crippen molar-refractivity contribution in [2.75, 3.05) is 28.4 Å². The molecule has 0 aromatic heterocycles. The number of aliphatic hydroxyl groups is 1. The molecule has 0 heterocycles. The van der Waals surface area contributed by atoms with Gasteiger partial charge in [-0.1, -0.05) is 36.4 Å². The number of rotatable bonds is 11. The third-order valence-corrected chi connectivity index (χ3v) is 5.42. The molecule has 3 rings (SSSR count). The predicted molar refractivity (Wildman–Crippen MR) is 125 cm³/mol. The van der Waals surface area contributed by atoms with E-state index in [1.807, 2.05) is 30.3 Å². The highest BCUT2D eigenvalue weighted by atomic mass is 16.5. The van der Waals surface area contributed by atoms with Crippen LogP contribution in [-0.2, 0) is 23.4 Å². The Bertz CT molecular complexity index is 1100. The molecule has 0 radical (unpaired) electrons. The first kappa shape index (κ1) is 24.7. The van der Waals surface area contributed by atoms with Gasteiger partial charge in [0.15, 0.2) is 28.6 Å². The van der Waals surface area contributed by atoms with Crippen molar-refractivity contribution in [2.24, 2.45) is 0 Å². The van der Waals surface area contributed by atoms with Gasteiger partial charge in [-0.05, 0) is 35.4 Å². The van der Waals surface area contributed by atoms with Gasteiger partial charge in [-0.2, -0.15) is 0 Å². The smallest absolute Gasteiger partial charge is 0.340 e. The molecule has 3 aromatic rings. The van der Waals surface area contributed by atoms with Crippen molar-refractivity contribution >= 4 is 5.97 Å². The third-order valence-electron chi connectivity index (χ3n) is 5.42. The normalized spacial score (nSPS) is 12.4. The summed E-state index contributed by atoms with van der Waals surface area (Å²) < 4.78 is 27.3. The van der Waals surface area contributed by atoms with Crippen LogP contribution in [0.15, 0.2) is 60.7 Å². The Morgan fingerprint density at radius 1 is 0.765 bits per heavy atom. The Hall–Kier alpha value is -3.91. The highest BCUT2D eigenvalue weighted by Gasteiger charge is 2.40. The monoisotopic (exact) mass is 468 g/mol. The largest absolute Gasteiger partial charge is 0.493 e. The number of ether oxygens (including phenoxy) is 5. The molecule has 0 saturated carbocycles. The number of hydrogen-bond acceptors (Lipinski definition) is 7. The molecule has 8 heteroatoms. The number of methoxy groups -OCH3 is 4. The van der Waals surface area contributed by atoms with Crippen LogP contribution in [0.2, 0.25) is 0 Å². The van der Waals surface area contributed by atoms with E-state index in [2.05, 4.69) is 0 Å². The number of benzene rings is 3. The average molecular weight is 469 g/mol. The zero-order valence-electron chi connectivity index (χ0n) is 19.5. The second kappa shape index (κ2) is 10.8. The fourth-order valence-electron chi connectivity index (χ4n) is 3.60. The lowest BCUT2D eigenvalue weighted by molar-refractivity contribution is -0.159. The first-order valence-corrected chi connectivity index (χ1v) is 10.5. The average Bonchev–Trinajstić information content (AvgIpc) is 2.86. The summed E-state index contributed by atoms with van der Waals surface area (Å²) in [6, 6.07) is 17.5. The molecule has 0 aliphatic heterocycles. The van der Waals surface area contributed by atoms with Crippen LogP contribution in [-0.4, -0.2) is 44.6 Å². The third kappa shape index (κ3) is 5.18.